The molecule has 0 amide bonds. The number of sulfonamides is 1. The Bertz CT molecular complexity index is 699. The van der Waals surface area contributed by atoms with E-state index in [0.29, 0.717) is 5.75 Å². The molecule has 0 spiro atoms. The molecule has 0 saturated carbocycles. The van der Waals surface area contributed by atoms with Crippen molar-refractivity contribution in [3.63, 3.8) is 0 Å². The van der Waals surface area contributed by atoms with E-state index < -0.39 is 10.0 Å². The Morgan fingerprint density at radius 1 is 1.25 bits per heavy atom. The van der Waals surface area contributed by atoms with Crippen LogP contribution in [-0.4, -0.2) is 27.6 Å². The summed E-state index contributed by atoms with van der Waals surface area (Å²) in [6, 6.07) is 2.71. The molecule has 1 aromatic heterocycles. The predicted molar refractivity (Wildman–Crippen MR) is 76.9 cm³/mol. The Morgan fingerprint density at radius 2 is 1.95 bits per heavy atom. The molecular weight excluding hydrogens is 302 g/mol. The Hall–Kier alpha value is -2.00. The van der Waals surface area contributed by atoms with Gasteiger partial charge in [0.1, 0.15) is 16.4 Å². The molecular formula is C11H13N3O4S2. The van der Waals surface area contributed by atoms with E-state index in [0.717, 1.165) is 0 Å². The molecule has 0 fully saturated rings. The third-order valence-electron chi connectivity index (χ3n) is 2.46. The van der Waals surface area contributed by atoms with Gasteiger partial charge in [0.05, 0.1) is 19.9 Å². The second-order valence-electron chi connectivity index (χ2n) is 3.69. The summed E-state index contributed by atoms with van der Waals surface area (Å²) < 4.78 is 37.1. The van der Waals surface area contributed by atoms with E-state index in [1.54, 1.807) is 5.38 Å². The van der Waals surface area contributed by atoms with E-state index in [-0.39, 0.29) is 21.5 Å². The molecule has 1 heterocycles. The first kappa shape index (κ1) is 14.4. The Kier molecular flexibility index (Phi) is 4.00. The van der Waals surface area contributed by atoms with Crippen molar-refractivity contribution in [1.82, 2.24) is 4.98 Å². The SMILES string of the molecule is COc1cc(OC)c(S(=O)(=O)Nc2nccs2)cc1N. The van der Waals surface area contributed by atoms with Crippen molar-refractivity contribution in [3.8, 4) is 11.5 Å². The van der Waals surface area contributed by atoms with Gasteiger partial charge in [0, 0.05) is 17.6 Å². The normalized spacial score (nSPS) is 11.1. The fourth-order valence-electron chi connectivity index (χ4n) is 1.55. The number of thiazole rings is 1. The lowest BCUT2D eigenvalue weighted by Crippen LogP contribution is -2.14. The number of nitrogens with zero attached hydrogens (tertiary/aromatic N) is 1. The molecule has 7 nitrogen and oxygen atoms in total. The van der Waals surface area contributed by atoms with E-state index in [1.165, 1.54) is 43.9 Å². The van der Waals surface area contributed by atoms with E-state index in [2.05, 4.69) is 9.71 Å². The zero-order chi connectivity index (χ0) is 14.8. The second kappa shape index (κ2) is 5.55. The molecule has 0 saturated heterocycles. The number of nitrogen functional groups attached to an aromatic ring is 1. The average molecular weight is 315 g/mol. The maximum Gasteiger partial charge on any atom is 0.267 e. The lowest BCUT2D eigenvalue weighted by molar-refractivity contribution is 0.387. The summed E-state index contributed by atoms with van der Waals surface area (Å²) in [5.74, 6) is 0.482. The van der Waals surface area contributed by atoms with Crippen LogP contribution in [-0.2, 0) is 10.0 Å². The Labute approximate surface area is 120 Å². The van der Waals surface area contributed by atoms with Gasteiger partial charge in [-0.1, -0.05) is 0 Å². The van der Waals surface area contributed by atoms with Crippen LogP contribution in [0.1, 0.15) is 0 Å². The maximum atomic E-state index is 12.3. The minimum absolute atomic E-state index is 0.0755. The minimum atomic E-state index is -3.84. The molecule has 108 valence electrons. The fourth-order valence-corrected chi connectivity index (χ4v) is 3.52. The number of nitrogens with two attached hydrogens (primary N) is 1. The van der Waals surface area contributed by atoms with Crippen molar-refractivity contribution in [1.29, 1.82) is 0 Å². The van der Waals surface area contributed by atoms with E-state index >= 15 is 0 Å². The molecule has 0 aliphatic heterocycles. The molecule has 3 N–H and O–H groups in total. The number of hydrogen-bond donors (Lipinski definition) is 2. The lowest BCUT2D eigenvalue weighted by atomic mass is 10.3. The number of benzene rings is 1. The number of hydrogen-bond acceptors (Lipinski definition) is 7. The maximum absolute atomic E-state index is 12.3. The van der Waals surface area contributed by atoms with E-state index in [4.69, 9.17) is 15.2 Å². The van der Waals surface area contributed by atoms with Crippen molar-refractivity contribution >= 4 is 32.2 Å². The molecule has 1 aromatic carbocycles. The minimum Gasteiger partial charge on any atom is -0.495 e. The highest BCUT2D eigenvalue weighted by Crippen LogP contribution is 2.34. The number of rotatable bonds is 5. The van der Waals surface area contributed by atoms with Gasteiger partial charge in [-0.2, -0.15) is 0 Å². The summed E-state index contributed by atoms with van der Waals surface area (Å²) in [7, 11) is -1.03. The Balaban J connectivity index is 2.48. The molecule has 0 unspecified atom stereocenters. The van der Waals surface area contributed by atoms with Gasteiger partial charge >= 0.3 is 0 Å². The summed E-state index contributed by atoms with van der Waals surface area (Å²) in [5, 5.41) is 1.93. The predicted octanol–water partition coefficient (Wildman–Crippen LogP) is 1.54. The van der Waals surface area contributed by atoms with Crippen LogP contribution < -0.4 is 19.9 Å². The molecule has 2 aromatic rings. The highest BCUT2D eigenvalue weighted by molar-refractivity contribution is 7.93. The fraction of sp³-hybridized carbons (Fsp3) is 0.182. The third kappa shape index (κ3) is 2.78. The Morgan fingerprint density at radius 3 is 2.50 bits per heavy atom. The summed E-state index contributed by atoms with van der Waals surface area (Å²) in [6.07, 6.45) is 1.50. The monoisotopic (exact) mass is 315 g/mol. The van der Waals surface area contributed by atoms with Crippen molar-refractivity contribution in [2.75, 3.05) is 24.7 Å². The summed E-state index contributed by atoms with van der Waals surface area (Å²) in [5.41, 5.74) is 5.94. The zero-order valence-electron chi connectivity index (χ0n) is 10.8. The third-order valence-corrected chi connectivity index (χ3v) is 4.64. The molecule has 0 bridgehead atoms. The molecule has 0 atom stereocenters. The first-order chi connectivity index (χ1) is 9.47. The standard InChI is InChI=1S/C11H13N3O4S2/c1-17-8-6-9(18-2)10(5-7(8)12)20(15,16)14-11-13-3-4-19-11/h3-6H,12H2,1-2H3,(H,13,14). The summed E-state index contributed by atoms with van der Waals surface area (Å²) in [6.45, 7) is 0. The van der Waals surface area contributed by atoms with Gasteiger partial charge in [-0.3, -0.25) is 4.72 Å². The van der Waals surface area contributed by atoms with Crippen molar-refractivity contribution in [2.24, 2.45) is 0 Å². The average Bonchev–Trinajstić information content (AvgIpc) is 2.90. The van der Waals surface area contributed by atoms with E-state index in [9.17, 15) is 8.42 Å². The van der Waals surface area contributed by atoms with Crippen molar-refractivity contribution in [3.05, 3.63) is 23.7 Å². The van der Waals surface area contributed by atoms with Gasteiger partial charge in [-0.05, 0) is 6.07 Å². The highest BCUT2D eigenvalue weighted by atomic mass is 32.2. The molecule has 20 heavy (non-hydrogen) atoms. The first-order valence-corrected chi connectivity index (χ1v) is 7.78. The molecule has 0 aliphatic carbocycles. The molecule has 0 aliphatic rings. The summed E-state index contributed by atoms with van der Waals surface area (Å²) in [4.78, 5) is 3.79. The van der Waals surface area contributed by atoms with Gasteiger partial charge < -0.3 is 15.2 Å². The quantitative estimate of drug-likeness (QED) is 0.811. The molecule has 0 radical (unpaired) electrons. The van der Waals surface area contributed by atoms with Crippen LogP contribution in [0.3, 0.4) is 0 Å². The van der Waals surface area contributed by atoms with Crippen LogP contribution >= 0.6 is 11.3 Å². The topological polar surface area (TPSA) is 104 Å². The molecule has 2 rings (SSSR count). The van der Waals surface area contributed by atoms with Crippen molar-refractivity contribution < 1.29 is 17.9 Å². The van der Waals surface area contributed by atoms with Crippen LogP contribution in [0, 0.1) is 0 Å². The van der Waals surface area contributed by atoms with E-state index in [1.807, 2.05) is 0 Å². The summed E-state index contributed by atoms with van der Waals surface area (Å²) >= 11 is 1.17. The molecule has 9 heteroatoms. The van der Waals surface area contributed by atoms with Crippen LogP contribution in [0.2, 0.25) is 0 Å². The van der Waals surface area contributed by atoms with Crippen LogP contribution in [0.15, 0.2) is 28.6 Å². The first-order valence-electron chi connectivity index (χ1n) is 5.41. The van der Waals surface area contributed by atoms with Crippen LogP contribution in [0.4, 0.5) is 10.8 Å². The van der Waals surface area contributed by atoms with Gasteiger partial charge in [0.25, 0.3) is 10.0 Å². The van der Waals surface area contributed by atoms with Crippen LogP contribution in [0.5, 0.6) is 11.5 Å². The number of aromatic nitrogens is 1. The van der Waals surface area contributed by atoms with Crippen molar-refractivity contribution in [2.45, 2.75) is 4.90 Å². The number of nitrogens with one attached hydrogen (secondary N) is 1. The zero-order valence-corrected chi connectivity index (χ0v) is 12.4. The van der Waals surface area contributed by atoms with Gasteiger partial charge in [-0.15, -0.1) is 11.3 Å². The van der Waals surface area contributed by atoms with Gasteiger partial charge in [0.15, 0.2) is 5.13 Å². The van der Waals surface area contributed by atoms with Crippen LogP contribution in [0.25, 0.3) is 0 Å². The smallest absolute Gasteiger partial charge is 0.267 e. The second-order valence-corrected chi connectivity index (χ2v) is 6.23. The van der Waals surface area contributed by atoms with Gasteiger partial charge in [0.2, 0.25) is 0 Å². The largest absolute Gasteiger partial charge is 0.495 e. The lowest BCUT2D eigenvalue weighted by Gasteiger charge is -2.13. The number of ether oxygens (including phenoxy) is 2. The van der Waals surface area contributed by atoms with Gasteiger partial charge in [-0.25, -0.2) is 13.4 Å². The number of methoxy groups -OCH3 is 2. The highest BCUT2D eigenvalue weighted by Gasteiger charge is 2.22. The number of anilines is 2.